The molecule has 0 unspecified atom stereocenters. The van der Waals surface area contributed by atoms with Crippen LogP contribution in [0.2, 0.25) is 0 Å². The molecular formula is C14H27N3O2S. The van der Waals surface area contributed by atoms with Gasteiger partial charge in [-0.05, 0) is 36.2 Å². The largest absolute Gasteiger partial charge is 0.354 e. The zero-order valence-corrected chi connectivity index (χ0v) is 13.5. The van der Waals surface area contributed by atoms with Crippen LogP contribution in [-0.4, -0.2) is 42.6 Å². The average Bonchev–Trinajstić information content (AvgIpc) is 2.38. The Morgan fingerprint density at radius 1 is 1.50 bits per heavy atom. The van der Waals surface area contributed by atoms with E-state index in [1.165, 1.54) is 0 Å². The van der Waals surface area contributed by atoms with Crippen molar-refractivity contribution in [2.45, 2.75) is 39.7 Å². The summed E-state index contributed by atoms with van der Waals surface area (Å²) in [4.78, 5) is 23.4. The third kappa shape index (κ3) is 6.50. The number of carbonyl (C=O) groups excluding carboxylic acids is 2. The lowest BCUT2D eigenvalue weighted by Crippen LogP contribution is -2.56. The summed E-state index contributed by atoms with van der Waals surface area (Å²) >= 11 is 1.91. The van der Waals surface area contributed by atoms with Crippen molar-refractivity contribution >= 4 is 23.7 Å². The fraction of sp³-hybridized carbons (Fsp3) is 0.857. The van der Waals surface area contributed by atoms with Crippen LogP contribution in [0, 0.1) is 11.8 Å². The molecule has 1 aliphatic heterocycles. The van der Waals surface area contributed by atoms with Gasteiger partial charge in [0, 0.05) is 13.1 Å². The van der Waals surface area contributed by atoms with Gasteiger partial charge in [-0.3, -0.25) is 4.79 Å². The maximum absolute atomic E-state index is 11.7. The molecule has 1 heterocycles. The van der Waals surface area contributed by atoms with Gasteiger partial charge in [-0.25, -0.2) is 4.79 Å². The summed E-state index contributed by atoms with van der Waals surface area (Å²) in [5, 5.41) is 8.35. The number of thioether (sulfide) groups is 1. The molecule has 5 nitrogen and oxygen atoms in total. The van der Waals surface area contributed by atoms with E-state index in [2.05, 4.69) is 29.8 Å². The highest BCUT2D eigenvalue weighted by Gasteiger charge is 2.29. The van der Waals surface area contributed by atoms with Crippen molar-refractivity contribution in [3.8, 4) is 0 Å². The van der Waals surface area contributed by atoms with Crippen LogP contribution in [0.15, 0.2) is 0 Å². The van der Waals surface area contributed by atoms with Gasteiger partial charge in [0.1, 0.15) is 6.04 Å². The van der Waals surface area contributed by atoms with E-state index in [4.69, 9.17) is 0 Å². The number of rotatable bonds is 7. The average molecular weight is 301 g/mol. The molecule has 116 valence electrons. The number of hydrogen-bond acceptors (Lipinski definition) is 3. The lowest BCUT2D eigenvalue weighted by atomic mass is 9.94. The van der Waals surface area contributed by atoms with E-state index < -0.39 is 6.04 Å². The third-order valence-electron chi connectivity index (χ3n) is 3.24. The fourth-order valence-electron chi connectivity index (χ4n) is 2.05. The van der Waals surface area contributed by atoms with Crippen molar-refractivity contribution in [2.75, 3.05) is 24.6 Å². The van der Waals surface area contributed by atoms with E-state index in [9.17, 15) is 9.59 Å². The molecule has 0 aromatic rings. The maximum atomic E-state index is 11.7. The number of urea groups is 1. The Bertz CT molecular complexity index is 324. The summed E-state index contributed by atoms with van der Waals surface area (Å²) in [5.74, 6) is 3.04. The number of carbonyl (C=O) groups is 2. The molecule has 0 bridgehead atoms. The molecule has 1 fully saturated rings. The van der Waals surface area contributed by atoms with Gasteiger partial charge in [0.05, 0.1) is 0 Å². The number of nitrogens with one attached hydrogen (secondary N) is 3. The highest BCUT2D eigenvalue weighted by molar-refractivity contribution is 7.99. The third-order valence-corrected chi connectivity index (χ3v) is 4.72. The first-order valence-electron chi connectivity index (χ1n) is 7.40. The molecule has 3 amide bonds. The van der Waals surface area contributed by atoms with Crippen LogP contribution in [0.3, 0.4) is 0 Å². The predicted molar refractivity (Wildman–Crippen MR) is 83.9 cm³/mol. The van der Waals surface area contributed by atoms with Gasteiger partial charge in [-0.1, -0.05) is 20.8 Å². The van der Waals surface area contributed by atoms with Gasteiger partial charge >= 0.3 is 6.03 Å². The van der Waals surface area contributed by atoms with E-state index in [1.54, 1.807) is 0 Å². The molecule has 0 aromatic heterocycles. The van der Waals surface area contributed by atoms with Crippen LogP contribution in [0.4, 0.5) is 4.79 Å². The molecule has 1 rings (SSSR count). The minimum atomic E-state index is -0.404. The Kier molecular flexibility index (Phi) is 7.80. The van der Waals surface area contributed by atoms with Crippen molar-refractivity contribution in [3.63, 3.8) is 0 Å². The summed E-state index contributed by atoms with van der Waals surface area (Å²) in [6.07, 6.45) is 1.86. The molecular weight excluding hydrogens is 274 g/mol. The Balaban J connectivity index is 2.12. The van der Waals surface area contributed by atoms with Crippen molar-refractivity contribution in [1.29, 1.82) is 0 Å². The summed E-state index contributed by atoms with van der Waals surface area (Å²) in [7, 11) is 0. The molecule has 1 aliphatic rings. The number of hydrogen-bond donors (Lipinski definition) is 3. The van der Waals surface area contributed by atoms with Gasteiger partial charge in [0.2, 0.25) is 5.91 Å². The van der Waals surface area contributed by atoms with Crippen molar-refractivity contribution in [2.24, 2.45) is 11.8 Å². The Morgan fingerprint density at radius 2 is 2.25 bits per heavy atom. The predicted octanol–water partition coefficient (Wildman–Crippen LogP) is 1.59. The highest BCUT2D eigenvalue weighted by atomic mass is 32.2. The highest BCUT2D eigenvalue weighted by Crippen LogP contribution is 2.12. The van der Waals surface area contributed by atoms with Crippen LogP contribution in [-0.2, 0) is 4.79 Å². The molecule has 2 atom stereocenters. The van der Waals surface area contributed by atoms with Crippen molar-refractivity contribution < 1.29 is 9.59 Å². The molecule has 6 heteroatoms. The smallest absolute Gasteiger partial charge is 0.315 e. The fourth-order valence-corrected chi connectivity index (χ4v) is 3.04. The van der Waals surface area contributed by atoms with Crippen LogP contribution in [0.25, 0.3) is 0 Å². The Labute approximate surface area is 126 Å². The van der Waals surface area contributed by atoms with Crippen molar-refractivity contribution in [3.05, 3.63) is 0 Å². The van der Waals surface area contributed by atoms with Gasteiger partial charge in [-0.15, -0.1) is 0 Å². The summed E-state index contributed by atoms with van der Waals surface area (Å²) < 4.78 is 0. The first-order chi connectivity index (χ1) is 9.50. The minimum absolute atomic E-state index is 0.0774. The standard InChI is InChI=1S/C14H27N3O2S/c1-10(2)9-20-8-4-6-16-14(19)17-12-11(3)5-7-15-13(12)18/h10-12H,4-9H2,1-3H3,(H,15,18)(H2,16,17,19)/t11-,12-/m1/s1. The minimum Gasteiger partial charge on any atom is -0.354 e. The quantitative estimate of drug-likeness (QED) is 0.625. The molecule has 20 heavy (non-hydrogen) atoms. The Hall–Kier alpha value is -0.910. The zero-order chi connectivity index (χ0) is 15.0. The van der Waals surface area contributed by atoms with Gasteiger partial charge in [0.15, 0.2) is 0 Å². The molecule has 0 aliphatic carbocycles. The van der Waals surface area contributed by atoms with Crippen LogP contribution < -0.4 is 16.0 Å². The summed E-state index contributed by atoms with van der Waals surface area (Å²) in [6.45, 7) is 7.75. The summed E-state index contributed by atoms with van der Waals surface area (Å²) in [5.41, 5.74) is 0. The maximum Gasteiger partial charge on any atom is 0.315 e. The van der Waals surface area contributed by atoms with Crippen LogP contribution in [0.1, 0.15) is 33.6 Å². The van der Waals surface area contributed by atoms with Gasteiger partial charge in [0.25, 0.3) is 0 Å². The second-order valence-electron chi connectivity index (χ2n) is 5.76. The van der Waals surface area contributed by atoms with E-state index in [1.807, 2.05) is 18.7 Å². The molecule has 1 saturated heterocycles. The second-order valence-corrected chi connectivity index (χ2v) is 6.91. The monoisotopic (exact) mass is 301 g/mol. The topological polar surface area (TPSA) is 70.2 Å². The number of amides is 3. The van der Waals surface area contributed by atoms with E-state index in [0.29, 0.717) is 19.0 Å². The molecule has 3 N–H and O–H groups in total. The summed E-state index contributed by atoms with van der Waals surface area (Å²) in [6, 6.07) is -0.646. The van der Waals surface area contributed by atoms with Crippen LogP contribution in [0.5, 0.6) is 0 Å². The van der Waals surface area contributed by atoms with Gasteiger partial charge < -0.3 is 16.0 Å². The first-order valence-corrected chi connectivity index (χ1v) is 8.56. The number of piperidine rings is 1. The Morgan fingerprint density at radius 3 is 2.90 bits per heavy atom. The molecule has 0 saturated carbocycles. The van der Waals surface area contributed by atoms with E-state index in [-0.39, 0.29) is 17.9 Å². The molecule has 0 aromatic carbocycles. The van der Waals surface area contributed by atoms with Gasteiger partial charge in [-0.2, -0.15) is 11.8 Å². The second kappa shape index (κ2) is 9.10. The van der Waals surface area contributed by atoms with E-state index >= 15 is 0 Å². The molecule has 0 radical (unpaired) electrons. The normalized spacial score (nSPS) is 22.5. The van der Waals surface area contributed by atoms with Crippen LogP contribution >= 0.6 is 11.8 Å². The first kappa shape index (κ1) is 17.1. The molecule has 0 spiro atoms. The van der Waals surface area contributed by atoms with E-state index in [0.717, 1.165) is 24.3 Å². The van der Waals surface area contributed by atoms with Crippen molar-refractivity contribution in [1.82, 2.24) is 16.0 Å². The lowest BCUT2D eigenvalue weighted by Gasteiger charge is -2.28. The lowest BCUT2D eigenvalue weighted by molar-refractivity contribution is -0.125. The SMILES string of the molecule is CC(C)CSCCCNC(=O)N[C@H]1C(=O)NCC[C@H]1C. The zero-order valence-electron chi connectivity index (χ0n) is 12.7.